The summed E-state index contributed by atoms with van der Waals surface area (Å²) in [5.41, 5.74) is 0.764. The summed E-state index contributed by atoms with van der Waals surface area (Å²) in [7, 11) is -3.98. The van der Waals surface area contributed by atoms with Crippen LogP contribution in [0.1, 0.15) is 21.8 Å². The summed E-state index contributed by atoms with van der Waals surface area (Å²) in [5.74, 6) is -0.715. The van der Waals surface area contributed by atoms with Crippen molar-refractivity contribution in [2.45, 2.75) is 18.4 Å². The second-order valence-electron chi connectivity index (χ2n) is 5.91. The van der Waals surface area contributed by atoms with Gasteiger partial charge in [0, 0.05) is 17.7 Å². The Bertz CT molecular complexity index is 1190. The molecule has 150 valence electrons. The van der Waals surface area contributed by atoms with Gasteiger partial charge in [-0.1, -0.05) is 6.07 Å². The Balaban J connectivity index is 1.70. The van der Waals surface area contributed by atoms with Crippen molar-refractivity contribution in [1.82, 2.24) is 10.2 Å². The zero-order valence-corrected chi connectivity index (χ0v) is 15.8. The standard InChI is InChI=1S/C17H14N4O7S/c1-10-2-3-12(8-14(10)29(18,25)26)17(22)27-9-15-19-20-16(28-15)11-4-6-13(7-5-11)21(23)24/h2-8H,9H2,1H3,(H2,18,25,26). The van der Waals surface area contributed by atoms with Crippen molar-refractivity contribution in [2.75, 3.05) is 0 Å². The van der Waals surface area contributed by atoms with Gasteiger partial charge in [0.1, 0.15) is 0 Å². The first-order chi connectivity index (χ1) is 13.6. The molecule has 0 aliphatic heterocycles. The normalized spacial score (nSPS) is 11.2. The van der Waals surface area contributed by atoms with Crippen molar-refractivity contribution in [2.24, 2.45) is 5.14 Å². The molecule has 0 aliphatic carbocycles. The molecule has 3 aromatic rings. The number of nitro benzene ring substituents is 1. The highest BCUT2D eigenvalue weighted by Gasteiger charge is 2.17. The van der Waals surface area contributed by atoms with Crippen molar-refractivity contribution < 1.29 is 27.3 Å². The number of hydrogen-bond donors (Lipinski definition) is 1. The van der Waals surface area contributed by atoms with E-state index in [0.717, 1.165) is 6.07 Å². The minimum Gasteiger partial charge on any atom is -0.452 e. The highest BCUT2D eigenvalue weighted by molar-refractivity contribution is 7.89. The summed E-state index contributed by atoms with van der Waals surface area (Å²) in [6, 6.07) is 9.45. The highest BCUT2D eigenvalue weighted by Crippen LogP contribution is 2.22. The number of carbonyl (C=O) groups excluding carboxylic acids is 1. The summed E-state index contributed by atoms with van der Waals surface area (Å²) in [4.78, 5) is 22.1. The van der Waals surface area contributed by atoms with Gasteiger partial charge in [0.05, 0.1) is 15.4 Å². The third-order valence-electron chi connectivity index (χ3n) is 3.85. The third-order valence-corrected chi connectivity index (χ3v) is 4.90. The molecule has 11 nitrogen and oxygen atoms in total. The van der Waals surface area contributed by atoms with Gasteiger partial charge in [0.2, 0.25) is 15.9 Å². The maximum absolute atomic E-state index is 12.2. The fourth-order valence-electron chi connectivity index (χ4n) is 2.40. The molecule has 0 radical (unpaired) electrons. The van der Waals surface area contributed by atoms with Crippen LogP contribution in [0.5, 0.6) is 0 Å². The average molecular weight is 418 g/mol. The van der Waals surface area contributed by atoms with E-state index in [2.05, 4.69) is 10.2 Å². The second-order valence-corrected chi connectivity index (χ2v) is 7.44. The molecule has 2 N–H and O–H groups in total. The van der Waals surface area contributed by atoms with Crippen molar-refractivity contribution >= 4 is 21.7 Å². The van der Waals surface area contributed by atoms with E-state index in [9.17, 15) is 23.3 Å². The fraction of sp³-hybridized carbons (Fsp3) is 0.118. The summed E-state index contributed by atoms with van der Waals surface area (Å²) in [5, 5.41) is 23.3. The van der Waals surface area contributed by atoms with E-state index in [1.807, 2.05) is 0 Å². The van der Waals surface area contributed by atoms with Gasteiger partial charge in [-0.15, -0.1) is 10.2 Å². The molecule has 0 bridgehead atoms. The fourth-order valence-corrected chi connectivity index (χ4v) is 3.21. The van der Waals surface area contributed by atoms with E-state index >= 15 is 0 Å². The first-order valence-corrected chi connectivity index (χ1v) is 9.57. The number of primary sulfonamides is 1. The quantitative estimate of drug-likeness (QED) is 0.357. The second kappa shape index (κ2) is 7.77. The Morgan fingerprint density at radius 2 is 1.90 bits per heavy atom. The van der Waals surface area contributed by atoms with Crippen LogP contribution in [0, 0.1) is 17.0 Å². The van der Waals surface area contributed by atoms with E-state index in [-0.39, 0.29) is 34.5 Å². The number of aryl methyl sites for hydroxylation is 1. The molecule has 0 unspecified atom stereocenters. The van der Waals surface area contributed by atoms with Crippen LogP contribution in [-0.4, -0.2) is 29.5 Å². The van der Waals surface area contributed by atoms with Gasteiger partial charge in [-0.2, -0.15) is 0 Å². The smallest absolute Gasteiger partial charge is 0.338 e. The predicted octanol–water partition coefficient (Wildman–Crippen LogP) is 1.96. The molecular weight excluding hydrogens is 404 g/mol. The molecule has 1 aromatic heterocycles. The molecule has 3 rings (SSSR count). The molecule has 0 saturated heterocycles. The lowest BCUT2D eigenvalue weighted by Crippen LogP contribution is -2.15. The Hall–Kier alpha value is -3.64. The molecule has 0 aliphatic rings. The van der Waals surface area contributed by atoms with E-state index in [1.54, 1.807) is 6.92 Å². The largest absolute Gasteiger partial charge is 0.452 e. The number of esters is 1. The summed E-state index contributed by atoms with van der Waals surface area (Å²) < 4.78 is 33.5. The average Bonchev–Trinajstić information content (AvgIpc) is 3.14. The summed E-state index contributed by atoms with van der Waals surface area (Å²) >= 11 is 0. The van der Waals surface area contributed by atoms with Crippen molar-refractivity contribution in [3.63, 3.8) is 0 Å². The highest BCUT2D eigenvalue weighted by atomic mass is 32.2. The number of aromatic nitrogens is 2. The van der Waals surface area contributed by atoms with Gasteiger partial charge >= 0.3 is 5.97 Å². The van der Waals surface area contributed by atoms with Crippen LogP contribution in [0.15, 0.2) is 51.8 Å². The Morgan fingerprint density at radius 1 is 1.21 bits per heavy atom. The predicted molar refractivity (Wildman–Crippen MR) is 98.1 cm³/mol. The number of nitrogens with zero attached hydrogens (tertiary/aromatic N) is 3. The first-order valence-electron chi connectivity index (χ1n) is 8.03. The van der Waals surface area contributed by atoms with Crippen LogP contribution in [0.3, 0.4) is 0 Å². The number of ether oxygens (including phenoxy) is 1. The lowest BCUT2D eigenvalue weighted by molar-refractivity contribution is -0.384. The Kier molecular flexibility index (Phi) is 5.39. The van der Waals surface area contributed by atoms with Crippen LogP contribution in [0.4, 0.5) is 5.69 Å². The van der Waals surface area contributed by atoms with Gasteiger partial charge in [-0.05, 0) is 36.8 Å². The summed E-state index contributed by atoms with van der Waals surface area (Å²) in [6.45, 7) is 1.20. The SMILES string of the molecule is Cc1ccc(C(=O)OCc2nnc(-c3ccc([N+](=O)[O-])cc3)o2)cc1S(N)(=O)=O. The number of rotatable bonds is 6. The number of carbonyl (C=O) groups is 1. The van der Waals surface area contributed by atoms with Crippen LogP contribution < -0.4 is 5.14 Å². The van der Waals surface area contributed by atoms with E-state index in [0.29, 0.717) is 11.1 Å². The van der Waals surface area contributed by atoms with E-state index in [1.165, 1.54) is 36.4 Å². The van der Waals surface area contributed by atoms with Crippen molar-refractivity contribution in [3.05, 3.63) is 69.6 Å². The molecule has 2 aromatic carbocycles. The zero-order chi connectivity index (χ0) is 21.2. The summed E-state index contributed by atoms with van der Waals surface area (Å²) in [6.07, 6.45) is 0. The lowest BCUT2D eigenvalue weighted by Gasteiger charge is -2.06. The molecule has 0 fully saturated rings. The third kappa shape index (κ3) is 4.62. The molecule has 0 amide bonds. The van der Waals surface area contributed by atoms with Gasteiger partial charge in [0.15, 0.2) is 6.61 Å². The number of sulfonamides is 1. The monoisotopic (exact) mass is 418 g/mol. The number of nitrogens with two attached hydrogens (primary N) is 1. The molecule has 0 spiro atoms. The minimum absolute atomic E-state index is 0.00488. The van der Waals surface area contributed by atoms with Gasteiger partial charge in [0.25, 0.3) is 11.6 Å². The molecular formula is C17H14N4O7S. The van der Waals surface area contributed by atoms with Crippen molar-refractivity contribution in [1.29, 1.82) is 0 Å². The lowest BCUT2D eigenvalue weighted by atomic mass is 10.1. The van der Waals surface area contributed by atoms with Crippen LogP contribution in [0.2, 0.25) is 0 Å². The maximum Gasteiger partial charge on any atom is 0.338 e. The number of hydrogen-bond acceptors (Lipinski definition) is 9. The minimum atomic E-state index is -3.98. The van der Waals surface area contributed by atoms with Gasteiger partial charge in [-0.25, -0.2) is 18.4 Å². The molecule has 0 saturated carbocycles. The zero-order valence-electron chi connectivity index (χ0n) is 14.9. The molecule has 1 heterocycles. The number of nitro groups is 1. The maximum atomic E-state index is 12.2. The van der Waals surface area contributed by atoms with Crippen molar-refractivity contribution in [3.8, 4) is 11.5 Å². The number of benzene rings is 2. The van der Waals surface area contributed by atoms with E-state index < -0.39 is 20.9 Å². The van der Waals surface area contributed by atoms with Crippen LogP contribution >= 0.6 is 0 Å². The van der Waals surface area contributed by atoms with Gasteiger partial charge < -0.3 is 9.15 Å². The van der Waals surface area contributed by atoms with Gasteiger partial charge in [-0.3, -0.25) is 10.1 Å². The molecule has 29 heavy (non-hydrogen) atoms. The Morgan fingerprint density at radius 3 is 2.52 bits per heavy atom. The first kappa shape index (κ1) is 20.1. The van der Waals surface area contributed by atoms with E-state index in [4.69, 9.17) is 14.3 Å². The molecule has 0 atom stereocenters. The topological polar surface area (TPSA) is 169 Å². The Labute approximate surface area is 164 Å². The molecule has 12 heteroatoms. The van der Waals surface area contributed by atoms with Crippen LogP contribution in [0.25, 0.3) is 11.5 Å². The van der Waals surface area contributed by atoms with Crippen LogP contribution in [-0.2, 0) is 21.4 Å². The number of non-ortho nitro benzene ring substituents is 1.